The van der Waals surface area contributed by atoms with Crippen LogP contribution >= 0.6 is 11.8 Å². The second kappa shape index (κ2) is 14.5. The molecular weight excluding hydrogens is 619 g/mol. The number of carboxylic acid groups (broad SMARTS) is 1. The Hall–Kier alpha value is -4.78. The van der Waals surface area contributed by atoms with E-state index in [1.807, 2.05) is 12.1 Å². The smallest absolute Gasteiger partial charge is 0.416 e. The Morgan fingerprint density at radius 2 is 1.67 bits per heavy atom. The van der Waals surface area contributed by atoms with Crippen molar-refractivity contribution in [3.63, 3.8) is 0 Å². The van der Waals surface area contributed by atoms with Crippen molar-refractivity contribution in [1.82, 2.24) is 9.55 Å². The van der Waals surface area contributed by atoms with E-state index in [0.29, 0.717) is 17.1 Å². The number of hydrogen-bond donors (Lipinski definition) is 3. The van der Waals surface area contributed by atoms with Crippen LogP contribution in [0.3, 0.4) is 0 Å². The van der Waals surface area contributed by atoms with Gasteiger partial charge in [-0.25, -0.2) is 4.98 Å². The number of amides is 2. The highest BCUT2D eigenvalue weighted by atomic mass is 32.2. The summed E-state index contributed by atoms with van der Waals surface area (Å²) in [6, 6.07) is 17.0. The molecule has 0 aliphatic carbocycles. The Kier molecular flexibility index (Phi) is 10.3. The molecule has 4 aromatic rings. The number of carbonyl (C=O) groups is 3. The van der Waals surface area contributed by atoms with Gasteiger partial charge in [0.25, 0.3) is 11.8 Å². The minimum atomic E-state index is -4.50. The number of aliphatic carboxylic acids is 1. The molecule has 1 fully saturated rings. The van der Waals surface area contributed by atoms with Crippen LogP contribution in [0, 0.1) is 0 Å². The number of nitrogens with zero attached hydrogens (tertiary/aromatic N) is 3. The van der Waals surface area contributed by atoms with Gasteiger partial charge in [-0.15, -0.1) is 0 Å². The largest absolute Gasteiger partial charge is 0.481 e. The van der Waals surface area contributed by atoms with Crippen LogP contribution in [0.15, 0.2) is 79.3 Å². The number of rotatable bonds is 11. The molecule has 3 aromatic carbocycles. The van der Waals surface area contributed by atoms with Gasteiger partial charge in [-0.2, -0.15) is 24.9 Å². The monoisotopic (exact) mass is 651 g/mol. The van der Waals surface area contributed by atoms with E-state index in [1.54, 1.807) is 30.3 Å². The van der Waals surface area contributed by atoms with Crippen molar-refractivity contribution < 1.29 is 32.7 Å². The first-order valence-electron chi connectivity index (χ1n) is 14.7. The molecule has 0 spiro atoms. The maximum absolute atomic E-state index is 13.6. The minimum absolute atomic E-state index is 0.0502. The maximum atomic E-state index is 13.6. The molecule has 2 heterocycles. The number of benzene rings is 3. The molecule has 1 aromatic heterocycles. The molecule has 9 nitrogen and oxygen atoms in total. The third-order valence-electron chi connectivity index (χ3n) is 7.43. The van der Waals surface area contributed by atoms with Crippen molar-refractivity contribution >= 4 is 46.7 Å². The first-order chi connectivity index (χ1) is 22.1. The minimum Gasteiger partial charge on any atom is -0.481 e. The number of anilines is 3. The lowest BCUT2D eigenvalue weighted by molar-refractivity contribution is -0.138. The topological polar surface area (TPSA) is 117 Å². The molecule has 3 N–H and O–H groups in total. The summed E-state index contributed by atoms with van der Waals surface area (Å²) in [6.07, 6.45) is 1.45. The zero-order valence-electron chi connectivity index (χ0n) is 24.7. The number of carbonyl (C=O) groups excluding carboxylic acids is 2. The van der Waals surface area contributed by atoms with Gasteiger partial charge in [0, 0.05) is 41.5 Å². The first kappa shape index (κ1) is 32.6. The predicted octanol–water partition coefficient (Wildman–Crippen LogP) is 7.09. The number of thioether (sulfide) groups is 1. The highest BCUT2D eigenvalue weighted by molar-refractivity contribution is 7.98. The average Bonchev–Trinajstić information content (AvgIpc) is 3.52. The van der Waals surface area contributed by atoms with Crippen LogP contribution in [-0.4, -0.2) is 51.3 Å². The van der Waals surface area contributed by atoms with Gasteiger partial charge in [-0.1, -0.05) is 18.2 Å². The lowest BCUT2D eigenvalue weighted by Gasteiger charge is -2.29. The van der Waals surface area contributed by atoms with Gasteiger partial charge in [0.15, 0.2) is 5.82 Å². The summed E-state index contributed by atoms with van der Waals surface area (Å²) in [5.74, 6) is -0.726. The number of imidazole rings is 1. The van der Waals surface area contributed by atoms with Crippen LogP contribution in [0.4, 0.5) is 30.4 Å². The molecule has 0 bridgehead atoms. The summed E-state index contributed by atoms with van der Waals surface area (Å²) in [7, 11) is 0. The number of alkyl halides is 3. The maximum Gasteiger partial charge on any atom is 0.416 e. The predicted molar refractivity (Wildman–Crippen MR) is 172 cm³/mol. The van der Waals surface area contributed by atoms with Crippen LogP contribution < -0.4 is 15.5 Å². The third kappa shape index (κ3) is 8.47. The number of nitrogens with one attached hydrogen (secondary N) is 2. The molecule has 1 aliphatic heterocycles. The number of aromatic nitrogens is 2. The second-order valence-electron chi connectivity index (χ2n) is 10.8. The number of carboxylic acids is 1. The Bertz CT molecular complexity index is 1720. The zero-order valence-corrected chi connectivity index (χ0v) is 25.5. The van der Waals surface area contributed by atoms with E-state index < -0.39 is 29.5 Å². The van der Waals surface area contributed by atoms with Crippen LogP contribution in [0.1, 0.15) is 57.5 Å². The molecule has 1 saturated heterocycles. The molecule has 240 valence electrons. The third-order valence-corrected chi connectivity index (χ3v) is 8.46. The van der Waals surface area contributed by atoms with Crippen molar-refractivity contribution in [2.24, 2.45) is 0 Å². The standard InChI is InChI=1S/C33H32F3N5O4S/c34-33(35,36)24-8-5-9-25(17-24)41-19-29(37-21-41)39-32(45)27-18-26(40-13-2-1-3-14-40)10-11-28(27)38-31(44)23-7-4-6-22(16-23)20-46-15-12-30(42)43/h4-11,16-19,21H,1-3,12-15,20H2,(H,38,44)(H,39,45)(H,42,43). The van der Waals surface area contributed by atoms with E-state index in [-0.39, 0.29) is 29.2 Å². The summed E-state index contributed by atoms with van der Waals surface area (Å²) in [5.41, 5.74) is 1.97. The molecule has 5 rings (SSSR count). The van der Waals surface area contributed by atoms with E-state index in [9.17, 15) is 27.6 Å². The highest BCUT2D eigenvalue weighted by Crippen LogP contribution is 2.31. The zero-order chi connectivity index (χ0) is 32.7. The fourth-order valence-electron chi connectivity index (χ4n) is 5.08. The molecule has 46 heavy (non-hydrogen) atoms. The highest BCUT2D eigenvalue weighted by Gasteiger charge is 2.30. The number of piperidine rings is 1. The van der Waals surface area contributed by atoms with E-state index in [1.165, 1.54) is 41.0 Å². The van der Waals surface area contributed by atoms with Crippen LogP contribution in [0.2, 0.25) is 0 Å². The Balaban J connectivity index is 1.36. The van der Waals surface area contributed by atoms with Gasteiger partial charge >= 0.3 is 12.1 Å². The molecule has 0 radical (unpaired) electrons. The van der Waals surface area contributed by atoms with Gasteiger partial charge in [-0.05, 0) is 73.4 Å². The Morgan fingerprint density at radius 3 is 2.43 bits per heavy atom. The second-order valence-corrected chi connectivity index (χ2v) is 11.9. The van der Waals surface area contributed by atoms with Gasteiger partial charge in [-0.3, -0.25) is 14.4 Å². The lowest BCUT2D eigenvalue weighted by Crippen LogP contribution is -2.29. The molecule has 0 unspecified atom stereocenters. The summed E-state index contributed by atoms with van der Waals surface area (Å²) >= 11 is 1.46. The molecular formula is C33H32F3N5O4S. The summed E-state index contributed by atoms with van der Waals surface area (Å²) in [6.45, 7) is 1.68. The first-order valence-corrected chi connectivity index (χ1v) is 15.8. The van der Waals surface area contributed by atoms with Crippen molar-refractivity contribution in [3.8, 4) is 5.69 Å². The number of hydrogen-bond acceptors (Lipinski definition) is 6. The fraction of sp³-hybridized carbons (Fsp3) is 0.273. The summed E-state index contributed by atoms with van der Waals surface area (Å²) in [5, 5.41) is 14.4. The molecule has 1 aliphatic rings. The SMILES string of the molecule is O=C(O)CCSCc1cccc(C(=O)Nc2ccc(N3CCCCC3)cc2C(=O)Nc2cn(-c3cccc(C(F)(F)F)c3)cn2)c1. The average molecular weight is 652 g/mol. The van der Waals surface area contributed by atoms with Crippen molar-refractivity contribution in [3.05, 3.63) is 102 Å². The summed E-state index contributed by atoms with van der Waals surface area (Å²) < 4.78 is 41.1. The van der Waals surface area contributed by atoms with Crippen LogP contribution in [0.25, 0.3) is 5.69 Å². The van der Waals surface area contributed by atoms with Gasteiger partial charge < -0.3 is 25.2 Å². The van der Waals surface area contributed by atoms with Gasteiger partial charge in [0.05, 0.1) is 29.4 Å². The van der Waals surface area contributed by atoms with Gasteiger partial charge in [0.1, 0.15) is 6.33 Å². The van der Waals surface area contributed by atoms with Gasteiger partial charge in [0.2, 0.25) is 0 Å². The lowest BCUT2D eigenvalue weighted by atomic mass is 10.1. The molecule has 0 saturated carbocycles. The number of halogens is 3. The quantitative estimate of drug-likeness (QED) is 0.148. The molecule has 0 atom stereocenters. The van der Waals surface area contributed by atoms with Crippen molar-refractivity contribution in [2.45, 2.75) is 37.6 Å². The van der Waals surface area contributed by atoms with E-state index in [0.717, 1.165) is 55.7 Å². The van der Waals surface area contributed by atoms with E-state index >= 15 is 0 Å². The fourth-order valence-corrected chi connectivity index (χ4v) is 5.96. The van der Waals surface area contributed by atoms with Crippen molar-refractivity contribution in [2.75, 3.05) is 34.4 Å². The van der Waals surface area contributed by atoms with E-state index in [2.05, 4.69) is 20.5 Å². The molecule has 2 amide bonds. The normalized spacial score (nSPS) is 13.3. The molecule has 13 heteroatoms. The van der Waals surface area contributed by atoms with Crippen LogP contribution in [-0.2, 0) is 16.7 Å². The Morgan fingerprint density at radius 1 is 0.891 bits per heavy atom. The summed E-state index contributed by atoms with van der Waals surface area (Å²) in [4.78, 5) is 44.1. The van der Waals surface area contributed by atoms with Crippen molar-refractivity contribution in [1.29, 1.82) is 0 Å². The van der Waals surface area contributed by atoms with E-state index in [4.69, 9.17) is 5.11 Å². The Labute approximate surface area is 267 Å². The van der Waals surface area contributed by atoms with Crippen LogP contribution in [0.5, 0.6) is 0 Å².